The van der Waals surface area contributed by atoms with E-state index in [-0.39, 0.29) is 11.9 Å². The van der Waals surface area contributed by atoms with Crippen LogP contribution in [-0.2, 0) is 27.4 Å². The van der Waals surface area contributed by atoms with E-state index >= 15 is 0 Å². The van der Waals surface area contributed by atoms with E-state index in [1.807, 2.05) is 0 Å². The Bertz CT molecular complexity index is 1020. The van der Waals surface area contributed by atoms with Crippen molar-refractivity contribution >= 4 is 15.9 Å². The predicted molar refractivity (Wildman–Crippen MR) is 101 cm³/mol. The fourth-order valence-corrected chi connectivity index (χ4v) is 4.51. The van der Waals surface area contributed by atoms with E-state index in [2.05, 4.69) is 4.72 Å². The number of nitrogens with zero attached hydrogens (tertiary/aromatic N) is 1. The second-order valence-corrected chi connectivity index (χ2v) is 8.83. The van der Waals surface area contributed by atoms with Crippen LogP contribution in [0.3, 0.4) is 0 Å². The third kappa shape index (κ3) is 5.37. The third-order valence-electron chi connectivity index (χ3n) is 4.94. The van der Waals surface area contributed by atoms with Crippen molar-refractivity contribution in [3.05, 3.63) is 65.5 Å². The minimum Gasteiger partial charge on any atom is -0.338 e. The van der Waals surface area contributed by atoms with Gasteiger partial charge in [0.15, 0.2) is 0 Å². The highest BCUT2D eigenvalue weighted by molar-refractivity contribution is 7.89. The molecule has 1 fully saturated rings. The molecule has 1 amide bonds. The lowest BCUT2D eigenvalue weighted by molar-refractivity contribution is -0.137. The topological polar surface area (TPSA) is 66.5 Å². The van der Waals surface area contributed by atoms with Crippen LogP contribution in [0, 0.1) is 5.82 Å². The van der Waals surface area contributed by atoms with Gasteiger partial charge in [-0.05, 0) is 55.2 Å². The summed E-state index contributed by atoms with van der Waals surface area (Å²) in [5.74, 6) is -0.860. The predicted octanol–water partition coefficient (Wildman–Crippen LogP) is 3.36. The first-order valence-electron chi connectivity index (χ1n) is 9.27. The van der Waals surface area contributed by atoms with Gasteiger partial charge < -0.3 is 4.90 Å². The van der Waals surface area contributed by atoms with Gasteiger partial charge in [-0.2, -0.15) is 13.2 Å². The number of nitrogens with one attached hydrogen (secondary N) is 1. The summed E-state index contributed by atoms with van der Waals surface area (Å²) in [5, 5.41) is 0. The third-order valence-corrected chi connectivity index (χ3v) is 6.34. The number of rotatable bonds is 6. The molecule has 1 aliphatic rings. The normalized spacial score (nSPS) is 17.3. The van der Waals surface area contributed by atoms with Crippen LogP contribution < -0.4 is 4.72 Å². The van der Waals surface area contributed by atoms with Crippen LogP contribution in [0.2, 0.25) is 0 Å². The fraction of sp³-hybridized carbons (Fsp3) is 0.350. The number of halogens is 4. The van der Waals surface area contributed by atoms with Crippen LogP contribution in [0.15, 0.2) is 53.4 Å². The lowest BCUT2D eigenvalue weighted by Gasteiger charge is -2.25. The molecule has 162 valence electrons. The Balaban J connectivity index is 1.65. The second-order valence-electron chi connectivity index (χ2n) is 7.07. The number of amides is 1. The maximum atomic E-state index is 13.4. The summed E-state index contributed by atoms with van der Waals surface area (Å²) in [6, 6.07) is 9.16. The van der Waals surface area contributed by atoms with Gasteiger partial charge in [-0.1, -0.05) is 18.2 Å². The average molecular weight is 444 g/mol. The second kappa shape index (κ2) is 8.73. The van der Waals surface area contributed by atoms with E-state index in [1.165, 1.54) is 17.0 Å². The van der Waals surface area contributed by atoms with Crippen LogP contribution in [0.25, 0.3) is 0 Å². The molecule has 0 bridgehead atoms. The van der Waals surface area contributed by atoms with E-state index < -0.39 is 39.1 Å². The Morgan fingerprint density at radius 2 is 1.87 bits per heavy atom. The average Bonchev–Trinajstić information content (AvgIpc) is 3.14. The highest BCUT2D eigenvalue weighted by atomic mass is 32.2. The molecule has 2 aromatic rings. The van der Waals surface area contributed by atoms with Crippen molar-refractivity contribution in [2.45, 2.75) is 36.4 Å². The molecule has 5 nitrogen and oxygen atoms in total. The monoisotopic (exact) mass is 444 g/mol. The number of sulfonamides is 1. The molecule has 1 heterocycles. The zero-order valence-corrected chi connectivity index (χ0v) is 16.6. The Kier molecular flexibility index (Phi) is 6.47. The van der Waals surface area contributed by atoms with Crippen molar-refractivity contribution in [2.75, 3.05) is 13.1 Å². The van der Waals surface area contributed by atoms with E-state index in [0.717, 1.165) is 30.2 Å². The summed E-state index contributed by atoms with van der Waals surface area (Å²) in [4.78, 5) is 13.5. The number of benzene rings is 2. The highest BCUT2D eigenvalue weighted by Crippen LogP contribution is 2.30. The van der Waals surface area contributed by atoms with Gasteiger partial charge in [0.1, 0.15) is 5.82 Å². The van der Waals surface area contributed by atoms with Crippen LogP contribution in [0.4, 0.5) is 17.6 Å². The summed E-state index contributed by atoms with van der Waals surface area (Å²) in [6.07, 6.45) is -2.82. The van der Waals surface area contributed by atoms with Crippen molar-refractivity contribution in [2.24, 2.45) is 0 Å². The first-order valence-corrected chi connectivity index (χ1v) is 10.8. The largest absolute Gasteiger partial charge is 0.416 e. The molecule has 1 atom stereocenters. The molecule has 1 aliphatic heterocycles. The summed E-state index contributed by atoms with van der Waals surface area (Å²) in [5.41, 5.74) is -0.365. The molecule has 2 aromatic carbocycles. The summed E-state index contributed by atoms with van der Waals surface area (Å²) in [7, 11) is -4.30. The molecule has 1 unspecified atom stereocenters. The molecule has 1 saturated heterocycles. The van der Waals surface area contributed by atoms with E-state index in [9.17, 15) is 30.8 Å². The lowest BCUT2D eigenvalue weighted by atomic mass is 10.0. The number of carbonyl (C=O) groups is 1. The number of hydrogen-bond donors (Lipinski definition) is 1. The zero-order valence-electron chi connectivity index (χ0n) is 15.8. The Morgan fingerprint density at radius 3 is 2.57 bits per heavy atom. The van der Waals surface area contributed by atoms with E-state index in [4.69, 9.17) is 0 Å². The fourth-order valence-electron chi connectivity index (χ4n) is 3.49. The number of carbonyl (C=O) groups excluding carboxylic acids is 1. The van der Waals surface area contributed by atoms with Crippen molar-refractivity contribution in [3.63, 3.8) is 0 Å². The first-order chi connectivity index (χ1) is 14.1. The Labute approximate surface area is 171 Å². The molecule has 30 heavy (non-hydrogen) atoms. The summed E-state index contributed by atoms with van der Waals surface area (Å²) < 4.78 is 78.6. The number of alkyl halides is 3. The number of likely N-dealkylation sites (tertiary alicyclic amines) is 1. The van der Waals surface area contributed by atoms with Gasteiger partial charge in [-0.15, -0.1) is 0 Å². The van der Waals surface area contributed by atoms with E-state index in [1.54, 1.807) is 12.1 Å². The molecule has 3 rings (SSSR count). The van der Waals surface area contributed by atoms with Crippen LogP contribution in [0.1, 0.15) is 24.0 Å². The van der Waals surface area contributed by atoms with Crippen LogP contribution in [-0.4, -0.2) is 38.4 Å². The molecule has 1 N–H and O–H groups in total. The van der Waals surface area contributed by atoms with Gasteiger partial charge in [0.05, 0.1) is 17.0 Å². The SMILES string of the molecule is O=C(CNS(=O)(=O)c1cccc(C(F)(F)F)c1)N1CCCC1Cc1cccc(F)c1. The summed E-state index contributed by atoms with van der Waals surface area (Å²) in [6.45, 7) is -0.137. The molecular formula is C20H20F4N2O3S. The lowest BCUT2D eigenvalue weighted by Crippen LogP contribution is -2.43. The van der Waals surface area contributed by atoms with Crippen LogP contribution in [0.5, 0.6) is 0 Å². The van der Waals surface area contributed by atoms with E-state index in [0.29, 0.717) is 25.5 Å². The Morgan fingerprint density at radius 1 is 1.13 bits per heavy atom. The maximum Gasteiger partial charge on any atom is 0.416 e. The minimum absolute atomic E-state index is 0.197. The van der Waals surface area contributed by atoms with Gasteiger partial charge in [0, 0.05) is 12.6 Å². The maximum absolute atomic E-state index is 13.4. The van der Waals surface area contributed by atoms with Gasteiger partial charge in [-0.3, -0.25) is 4.79 Å². The quantitative estimate of drug-likeness (QED) is 0.695. The molecule has 10 heteroatoms. The van der Waals surface area contributed by atoms with Crippen molar-refractivity contribution in [1.82, 2.24) is 9.62 Å². The standard InChI is InChI=1S/C20H20F4N2O3S/c21-16-6-1-4-14(10-16)11-17-7-3-9-26(17)19(27)13-25-30(28,29)18-8-2-5-15(12-18)20(22,23)24/h1-2,4-6,8,10,12,17,25H,3,7,9,11,13H2. The molecule has 0 aromatic heterocycles. The molecule has 0 aliphatic carbocycles. The molecule has 0 saturated carbocycles. The van der Waals surface area contributed by atoms with Gasteiger partial charge in [-0.25, -0.2) is 17.5 Å². The van der Waals surface area contributed by atoms with Gasteiger partial charge in [0.2, 0.25) is 15.9 Å². The minimum atomic E-state index is -4.68. The van der Waals surface area contributed by atoms with Crippen molar-refractivity contribution in [1.29, 1.82) is 0 Å². The first kappa shape index (κ1) is 22.2. The van der Waals surface area contributed by atoms with Gasteiger partial charge in [0.25, 0.3) is 0 Å². The molecular weight excluding hydrogens is 424 g/mol. The smallest absolute Gasteiger partial charge is 0.338 e. The van der Waals surface area contributed by atoms with Crippen molar-refractivity contribution < 1.29 is 30.8 Å². The highest BCUT2D eigenvalue weighted by Gasteiger charge is 2.32. The van der Waals surface area contributed by atoms with Crippen molar-refractivity contribution in [3.8, 4) is 0 Å². The Hall–Kier alpha value is -2.46. The molecule has 0 spiro atoms. The van der Waals surface area contributed by atoms with Crippen LogP contribution >= 0.6 is 0 Å². The summed E-state index contributed by atoms with van der Waals surface area (Å²) >= 11 is 0. The van der Waals surface area contributed by atoms with Gasteiger partial charge >= 0.3 is 6.18 Å². The number of hydrogen-bond acceptors (Lipinski definition) is 3. The zero-order chi connectivity index (χ0) is 21.9. The molecule has 0 radical (unpaired) electrons.